The number of nitrogens with zero attached hydrogens (tertiary/aromatic N) is 1. The molecule has 1 heterocycles. The number of hydrogen-bond donors (Lipinski definition) is 1. The highest BCUT2D eigenvalue weighted by molar-refractivity contribution is 5.82. The number of rotatable bonds is 3. The molecule has 2 N–H and O–H groups in total. The first-order chi connectivity index (χ1) is 4.25. The maximum Gasteiger partial charge on any atom is 0.238 e. The van der Waals surface area contributed by atoms with Crippen molar-refractivity contribution in [3.63, 3.8) is 0 Å². The highest BCUT2D eigenvalue weighted by atomic mass is 16.7. The minimum absolute atomic E-state index is 0.162. The summed E-state index contributed by atoms with van der Waals surface area (Å²) in [6, 6.07) is -0.162. The molecule has 0 radical (unpaired) electrons. The van der Waals surface area contributed by atoms with E-state index in [-0.39, 0.29) is 11.9 Å². The molecule has 1 saturated heterocycles. The lowest BCUT2D eigenvalue weighted by atomic mass is 10.5. The van der Waals surface area contributed by atoms with Crippen LogP contribution in [0.15, 0.2) is 0 Å². The van der Waals surface area contributed by atoms with Crippen LogP contribution in [0.4, 0.5) is 0 Å². The molecule has 1 fully saturated rings. The zero-order chi connectivity index (χ0) is 6.85. The molecule has 0 aromatic heterocycles. The second-order valence-corrected chi connectivity index (χ2v) is 1.94. The van der Waals surface area contributed by atoms with Gasteiger partial charge in [-0.2, -0.15) is 5.06 Å². The number of primary amides is 1. The molecule has 4 nitrogen and oxygen atoms in total. The monoisotopic (exact) mass is 130 g/mol. The van der Waals surface area contributed by atoms with Crippen molar-refractivity contribution in [2.24, 2.45) is 5.73 Å². The molecule has 1 amide bonds. The Balaban J connectivity index is 2.17. The molecule has 0 aromatic rings. The molecule has 4 heteroatoms. The fraction of sp³-hybridized carbons (Fsp3) is 0.800. The summed E-state index contributed by atoms with van der Waals surface area (Å²) < 4.78 is 0. The molecule has 1 aliphatic rings. The molecular formula is C5H10N2O2. The van der Waals surface area contributed by atoms with E-state index in [0.29, 0.717) is 13.2 Å². The maximum atomic E-state index is 10.3. The molecule has 9 heavy (non-hydrogen) atoms. The maximum absolute atomic E-state index is 10.3. The fourth-order valence-corrected chi connectivity index (χ4v) is 0.664. The van der Waals surface area contributed by atoms with Crippen LogP contribution >= 0.6 is 0 Å². The molecule has 0 saturated carbocycles. The number of hydroxylamine groups is 2. The van der Waals surface area contributed by atoms with Gasteiger partial charge in [0.2, 0.25) is 5.91 Å². The number of carbonyl (C=O) groups excluding carboxylic acids is 1. The number of nitrogens with two attached hydrogens (primary N) is 1. The van der Waals surface area contributed by atoms with Crippen molar-refractivity contribution in [3.05, 3.63) is 0 Å². The molecule has 0 aromatic carbocycles. The van der Waals surface area contributed by atoms with Crippen LogP contribution in [0, 0.1) is 0 Å². The van der Waals surface area contributed by atoms with Crippen molar-refractivity contribution >= 4 is 5.91 Å². The summed E-state index contributed by atoms with van der Waals surface area (Å²) in [6.07, 6.45) is 0. The summed E-state index contributed by atoms with van der Waals surface area (Å²) in [5.41, 5.74) is 4.96. The van der Waals surface area contributed by atoms with Gasteiger partial charge in [0.15, 0.2) is 0 Å². The van der Waals surface area contributed by atoms with Gasteiger partial charge in [-0.25, -0.2) is 0 Å². The van der Waals surface area contributed by atoms with Crippen LogP contribution < -0.4 is 5.73 Å². The van der Waals surface area contributed by atoms with E-state index in [4.69, 9.17) is 10.6 Å². The summed E-state index contributed by atoms with van der Waals surface area (Å²) in [6.45, 7) is 3.13. The molecule has 1 rings (SSSR count). The van der Waals surface area contributed by atoms with E-state index in [2.05, 4.69) is 0 Å². The van der Waals surface area contributed by atoms with Crippen molar-refractivity contribution in [2.75, 3.05) is 13.2 Å². The van der Waals surface area contributed by atoms with E-state index in [0.717, 1.165) is 0 Å². The van der Waals surface area contributed by atoms with Crippen molar-refractivity contribution < 1.29 is 9.63 Å². The molecular weight excluding hydrogens is 120 g/mol. The lowest BCUT2D eigenvalue weighted by Crippen LogP contribution is -2.21. The Morgan fingerprint density at radius 2 is 2.67 bits per heavy atom. The SMILES string of the molecule is CCON1C[C@H]1C(N)=O. The summed E-state index contributed by atoms with van der Waals surface area (Å²) in [7, 11) is 0. The number of carbonyl (C=O) groups is 1. The van der Waals surface area contributed by atoms with Crippen LogP contribution in [0.2, 0.25) is 0 Å². The Bertz CT molecular complexity index is 126. The van der Waals surface area contributed by atoms with E-state index >= 15 is 0 Å². The zero-order valence-electron chi connectivity index (χ0n) is 5.33. The average Bonchev–Trinajstić information content (AvgIpc) is 2.47. The first-order valence-electron chi connectivity index (χ1n) is 2.94. The van der Waals surface area contributed by atoms with E-state index in [1.165, 1.54) is 0 Å². The predicted octanol–water partition coefficient (Wildman–Crippen LogP) is -0.893. The van der Waals surface area contributed by atoms with Crippen LogP contribution in [0.25, 0.3) is 0 Å². The molecule has 0 aliphatic carbocycles. The summed E-state index contributed by atoms with van der Waals surface area (Å²) >= 11 is 0. The second-order valence-electron chi connectivity index (χ2n) is 1.94. The largest absolute Gasteiger partial charge is 0.368 e. The standard InChI is InChI=1S/C5H10N2O2/c1-2-9-7-3-4(7)5(6)8/h4H,2-3H2,1H3,(H2,6,8)/t4-,7?/m0/s1. The molecule has 52 valence electrons. The van der Waals surface area contributed by atoms with Gasteiger partial charge >= 0.3 is 0 Å². The van der Waals surface area contributed by atoms with Crippen LogP contribution in [0.1, 0.15) is 6.92 Å². The Kier molecular flexibility index (Phi) is 1.68. The third-order valence-corrected chi connectivity index (χ3v) is 1.19. The Morgan fingerprint density at radius 3 is 3.00 bits per heavy atom. The van der Waals surface area contributed by atoms with Crippen molar-refractivity contribution in [3.8, 4) is 0 Å². The quantitative estimate of drug-likeness (QED) is 0.504. The average molecular weight is 130 g/mol. The smallest absolute Gasteiger partial charge is 0.238 e. The summed E-state index contributed by atoms with van der Waals surface area (Å²) in [5, 5.41) is 1.57. The van der Waals surface area contributed by atoms with Gasteiger partial charge in [-0.3, -0.25) is 9.63 Å². The van der Waals surface area contributed by atoms with Crippen molar-refractivity contribution in [1.29, 1.82) is 0 Å². The minimum Gasteiger partial charge on any atom is -0.368 e. The topological polar surface area (TPSA) is 55.3 Å². The summed E-state index contributed by atoms with van der Waals surface area (Å²) in [4.78, 5) is 15.3. The van der Waals surface area contributed by atoms with Crippen LogP contribution in [0.3, 0.4) is 0 Å². The highest BCUT2D eigenvalue weighted by Gasteiger charge is 2.40. The summed E-state index contributed by atoms with van der Waals surface area (Å²) in [5.74, 6) is -0.302. The van der Waals surface area contributed by atoms with Gasteiger partial charge in [0, 0.05) is 0 Å². The fourth-order valence-electron chi connectivity index (χ4n) is 0.664. The predicted molar refractivity (Wildman–Crippen MR) is 31.3 cm³/mol. The lowest BCUT2D eigenvalue weighted by molar-refractivity contribution is -0.125. The third-order valence-electron chi connectivity index (χ3n) is 1.19. The van der Waals surface area contributed by atoms with E-state index in [1.54, 1.807) is 5.06 Å². The Labute approximate surface area is 53.5 Å². The van der Waals surface area contributed by atoms with E-state index < -0.39 is 0 Å². The van der Waals surface area contributed by atoms with Gasteiger partial charge in [-0.05, 0) is 6.92 Å². The molecule has 0 bridgehead atoms. The van der Waals surface area contributed by atoms with Gasteiger partial charge in [0.05, 0.1) is 13.2 Å². The lowest BCUT2D eigenvalue weighted by Gasteiger charge is -1.97. The van der Waals surface area contributed by atoms with E-state index in [9.17, 15) is 4.79 Å². The second kappa shape index (κ2) is 2.33. The van der Waals surface area contributed by atoms with Crippen LogP contribution in [0.5, 0.6) is 0 Å². The number of amides is 1. The van der Waals surface area contributed by atoms with Crippen molar-refractivity contribution in [1.82, 2.24) is 5.06 Å². The normalized spacial score (nSPS) is 32.1. The van der Waals surface area contributed by atoms with Gasteiger partial charge in [-0.1, -0.05) is 0 Å². The Hall–Kier alpha value is -0.610. The van der Waals surface area contributed by atoms with Crippen molar-refractivity contribution in [2.45, 2.75) is 13.0 Å². The van der Waals surface area contributed by atoms with E-state index in [1.807, 2.05) is 6.92 Å². The van der Waals surface area contributed by atoms with Gasteiger partial charge in [0.1, 0.15) is 6.04 Å². The first-order valence-corrected chi connectivity index (χ1v) is 2.94. The zero-order valence-corrected chi connectivity index (χ0v) is 5.33. The third kappa shape index (κ3) is 1.40. The molecule has 2 atom stereocenters. The van der Waals surface area contributed by atoms with Gasteiger partial charge in [-0.15, -0.1) is 0 Å². The molecule has 0 spiro atoms. The van der Waals surface area contributed by atoms with Crippen LogP contribution in [-0.4, -0.2) is 30.2 Å². The molecule has 1 unspecified atom stereocenters. The van der Waals surface area contributed by atoms with Gasteiger partial charge in [0.25, 0.3) is 0 Å². The highest BCUT2D eigenvalue weighted by Crippen LogP contribution is 2.15. The Morgan fingerprint density at radius 1 is 2.00 bits per heavy atom. The molecule has 1 aliphatic heterocycles. The van der Waals surface area contributed by atoms with Gasteiger partial charge < -0.3 is 5.73 Å². The minimum atomic E-state index is -0.302. The number of hydrogen-bond acceptors (Lipinski definition) is 3. The van der Waals surface area contributed by atoms with Crippen LogP contribution in [-0.2, 0) is 9.63 Å². The first kappa shape index (κ1) is 6.51.